The second kappa shape index (κ2) is 6.48. The summed E-state index contributed by atoms with van der Waals surface area (Å²) in [6.07, 6.45) is 5.00. The quantitative estimate of drug-likeness (QED) is 0.681. The Balaban J connectivity index is 1.54. The van der Waals surface area contributed by atoms with Crippen LogP contribution in [0.1, 0.15) is 23.8 Å². The van der Waals surface area contributed by atoms with Crippen molar-refractivity contribution < 1.29 is 0 Å². The minimum absolute atomic E-state index is 0.318. The number of hydrogen-bond acceptors (Lipinski definition) is 4. The Kier molecular flexibility index (Phi) is 4.31. The average molecular weight is 376 g/mol. The Morgan fingerprint density at radius 3 is 2.68 bits per heavy atom. The number of anilines is 1. The van der Waals surface area contributed by atoms with Gasteiger partial charge in [0, 0.05) is 29.8 Å². The Hall–Kier alpha value is -1.82. The van der Waals surface area contributed by atoms with Gasteiger partial charge < -0.3 is 15.6 Å². The van der Waals surface area contributed by atoms with Crippen LogP contribution < -0.4 is 10.6 Å². The van der Waals surface area contributed by atoms with Crippen molar-refractivity contribution in [1.29, 1.82) is 0 Å². The number of aromatic nitrogens is 3. The summed E-state index contributed by atoms with van der Waals surface area (Å²) in [4.78, 5) is 14.1. The molecule has 3 heterocycles. The summed E-state index contributed by atoms with van der Waals surface area (Å²) >= 11 is 13.1. The molecular formula is C18H19Cl2N5. The Morgan fingerprint density at radius 2 is 1.92 bits per heavy atom. The highest BCUT2D eigenvalue weighted by atomic mass is 35.5. The number of rotatable bonds is 3. The normalized spacial score (nSPS) is 18.4. The van der Waals surface area contributed by atoms with Crippen molar-refractivity contribution in [2.45, 2.75) is 23.8 Å². The largest absolute Gasteiger partial charge is 0.356 e. The van der Waals surface area contributed by atoms with Gasteiger partial charge in [-0.05, 0) is 30.5 Å². The Morgan fingerprint density at radius 1 is 1.16 bits per heavy atom. The van der Waals surface area contributed by atoms with Crippen LogP contribution in [0.15, 0.2) is 42.9 Å². The van der Waals surface area contributed by atoms with Gasteiger partial charge in [-0.1, -0.05) is 29.8 Å². The first-order chi connectivity index (χ1) is 12.1. The van der Waals surface area contributed by atoms with Crippen LogP contribution in [0, 0.1) is 0 Å². The number of nitrogens with one attached hydrogen (secondary N) is 1. The van der Waals surface area contributed by atoms with Crippen LogP contribution in [0.5, 0.6) is 0 Å². The molecule has 0 spiro atoms. The molecule has 1 saturated heterocycles. The minimum atomic E-state index is -0.493. The predicted octanol–water partition coefficient (Wildman–Crippen LogP) is 3.89. The lowest BCUT2D eigenvalue weighted by Crippen LogP contribution is -2.53. The molecule has 0 saturated carbocycles. The summed E-state index contributed by atoms with van der Waals surface area (Å²) in [5.41, 5.74) is 7.94. The molecule has 130 valence electrons. The summed E-state index contributed by atoms with van der Waals surface area (Å²) in [5, 5.41) is 1.38. The number of H-pyrrole nitrogens is 1. The van der Waals surface area contributed by atoms with Gasteiger partial charge in [0.1, 0.15) is 17.8 Å². The standard InChI is InChI=1S/C18H19Cl2N5/c19-14-4-2-1-3-12(14)15(20)18(21)6-9-25(10-7-18)17-13-5-8-22-16(13)23-11-24-17/h1-5,8,11,15H,6-7,9-10,21H2,(H,22,23,24). The molecule has 2 aromatic heterocycles. The molecule has 7 heteroatoms. The number of halogens is 2. The average Bonchev–Trinajstić information content (AvgIpc) is 3.11. The van der Waals surface area contributed by atoms with Gasteiger partial charge in [-0.15, -0.1) is 11.6 Å². The van der Waals surface area contributed by atoms with Crippen molar-refractivity contribution >= 4 is 40.1 Å². The highest BCUT2D eigenvalue weighted by Gasteiger charge is 2.39. The molecule has 0 aliphatic carbocycles. The smallest absolute Gasteiger partial charge is 0.142 e. The van der Waals surface area contributed by atoms with Crippen molar-refractivity contribution in [3.63, 3.8) is 0 Å². The van der Waals surface area contributed by atoms with Gasteiger partial charge >= 0.3 is 0 Å². The van der Waals surface area contributed by atoms with Gasteiger partial charge in [0.25, 0.3) is 0 Å². The molecule has 1 atom stereocenters. The number of aromatic amines is 1. The highest BCUT2D eigenvalue weighted by molar-refractivity contribution is 6.33. The monoisotopic (exact) mass is 375 g/mol. The van der Waals surface area contributed by atoms with E-state index in [0.29, 0.717) is 5.02 Å². The molecule has 0 amide bonds. The third kappa shape index (κ3) is 2.97. The maximum absolute atomic E-state index is 6.74. The first-order valence-electron chi connectivity index (χ1n) is 8.29. The van der Waals surface area contributed by atoms with Crippen LogP contribution in [0.4, 0.5) is 5.82 Å². The molecule has 1 aromatic carbocycles. The second-order valence-corrected chi connectivity index (χ2v) is 7.39. The van der Waals surface area contributed by atoms with Crippen LogP contribution in [0.2, 0.25) is 5.02 Å². The summed E-state index contributed by atoms with van der Waals surface area (Å²) in [6.45, 7) is 1.59. The molecule has 3 aromatic rings. The topological polar surface area (TPSA) is 70.8 Å². The molecule has 25 heavy (non-hydrogen) atoms. The molecule has 1 fully saturated rings. The molecule has 0 bridgehead atoms. The SMILES string of the molecule is NC1(C(Cl)c2ccccc2Cl)CCN(c2ncnc3[nH]ccc23)CC1. The third-order valence-corrected chi connectivity index (χ3v) is 6.02. The molecule has 1 aliphatic heterocycles. The van der Waals surface area contributed by atoms with Gasteiger partial charge in [-0.2, -0.15) is 0 Å². The lowest BCUT2D eigenvalue weighted by Gasteiger charge is -2.42. The zero-order chi connectivity index (χ0) is 17.4. The van der Waals surface area contributed by atoms with E-state index in [1.54, 1.807) is 6.33 Å². The van der Waals surface area contributed by atoms with E-state index >= 15 is 0 Å². The molecule has 1 aliphatic rings. The number of nitrogens with zero attached hydrogens (tertiary/aromatic N) is 3. The van der Waals surface area contributed by atoms with Gasteiger partial charge in [0.2, 0.25) is 0 Å². The Labute approximate surface area is 156 Å². The minimum Gasteiger partial charge on any atom is -0.356 e. The summed E-state index contributed by atoms with van der Waals surface area (Å²) in [5.74, 6) is 0.942. The summed E-state index contributed by atoms with van der Waals surface area (Å²) in [7, 11) is 0. The second-order valence-electron chi connectivity index (χ2n) is 6.54. The van der Waals surface area contributed by atoms with Gasteiger partial charge in [-0.3, -0.25) is 0 Å². The van der Waals surface area contributed by atoms with E-state index in [1.807, 2.05) is 36.5 Å². The van der Waals surface area contributed by atoms with E-state index in [-0.39, 0.29) is 5.38 Å². The van der Waals surface area contributed by atoms with E-state index in [0.717, 1.165) is 48.3 Å². The first kappa shape index (κ1) is 16.6. The fourth-order valence-corrected chi connectivity index (χ4v) is 4.20. The number of alkyl halides is 1. The maximum atomic E-state index is 6.74. The molecule has 1 unspecified atom stereocenters. The summed E-state index contributed by atoms with van der Waals surface area (Å²) in [6, 6.07) is 9.66. The maximum Gasteiger partial charge on any atom is 0.142 e. The Bertz CT molecular complexity index is 886. The van der Waals surface area contributed by atoms with E-state index in [4.69, 9.17) is 28.9 Å². The zero-order valence-corrected chi connectivity index (χ0v) is 15.1. The highest BCUT2D eigenvalue weighted by Crippen LogP contribution is 2.41. The number of piperidine rings is 1. The summed E-state index contributed by atoms with van der Waals surface area (Å²) < 4.78 is 0. The lowest BCUT2D eigenvalue weighted by molar-refractivity contribution is 0.321. The van der Waals surface area contributed by atoms with E-state index in [9.17, 15) is 0 Å². The van der Waals surface area contributed by atoms with Gasteiger partial charge in [-0.25, -0.2) is 9.97 Å². The van der Waals surface area contributed by atoms with Crippen molar-refractivity contribution in [3.05, 3.63) is 53.4 Å². The van der Waals surface area contributed by atoms with Crippen LogP contribution in [-0.4, -0.2) is 33.6 Å². The van der Waals surface area contributed by atoms with Crippen molar-refractivity contribution in [2.75, 3.05) is 18.0 Å². The number of benzene rings is 1. The van der Waals surface area contributed by atoms with Crippen LogP contribution in [0.3, 0.4) is 0 Å². The predicted molar refractivity (Wildman–Crippen MR) is 102 cm³/mol. The molecule has 3 N–H and O–H groups in total. The number of fused-ring (bicyclic) bond motifs is 1. The van der Waals surface area contributed by atoms with Gasteiger partial charge in [0.05, 0.1) is 10.8 Å². The van der Waals surface area contributed by atoms with Crippen molar-refractivity contribution in [3.8, 4) is 0 Å². The van der Waals surface area contributed by atoms with E-state index < -0.39 is 5.54 Å². The van der Waals surface area contributed by atoms with Crippen molar-refractivity contribution in [2.24, 2.45) is 5.73 Å². The third-order valence-electron chi connectivity index (χ3n) is 5.01. The van der Waals surface area contributed by atoms with Crippen LogP contribution >= 0.6 is 23.2 Å². The van der Waals surface area contributed by atoms with Gasteiger partial charge in [0.15, 0.2) is 0 Å². The van der Waals surface area contributed by atoms with E-state index in [1.165, 1.54) is 0 Å². The first-order valence-corrected chi connectivity index (χ1v) is 9.10. The number of nitrogens with two attached hydrogens (primary N) is 1. The number of hydrogen-bond donors (Lipinski definition) is 2. The van der Waals surface area contributed by atoms with Crippen LogP contribution in [-0.2, 0) is 0 Å². The van der Waals surface area contributed by atoms with Crippen LogP contribution in [0.25, 0.3) is 11.0 Å². The fraction of sp³-hybridized carbons (Fsp3) is 0.333. The molecule has 0 radical (unpaired) electrons. The van der Waals surface area contributed by atoms with E-state index in [2.05, 4.69) is 19.9 Å². The molecular weight excluding hydrogens is 357 g/mol. The fourth-order valence-electron chi connectivity index (χ4n) is 3.49. The molecule has 4 rings (SSSR count). The zero-order valence-electron chi connectivity index (χ0n) is 13.6. The molecule has 5 nitrogen and oxygen atoms in total. The van der Waals surface area contributed by atoms with Crippen molar-refractivity contribution in [1.82, 2.24) is 15.0 Å². The lowest BCUT2D eigenvalue weighted by atomic mass is 9.82.